The highest BCUT2D eigenvalue weighted by Gasteiger charge is 2.47. The predicted molar refractivity (Wildman–Crippen MR) is 82.6 cm³/mol. The SMILES string of the molecule is COc1ccc([C@@H]2[C@H](N)C(=O)N2c2cccc(C(F)(F)F)c2)cc1. The number of hydrogen-bond donors (Lipinski definition) is 1. The van der Waals surface area contributed by atoms with Gasteiger partial charge in [-0.05, 0) is 35.9 Å². The molecule has 24 heavy (non-hydrogen) atoms. The van der Waals surface area contributed by atoms with Gasteiger partial charge >= 0.3 is 6.18 Å². The summed E-state index contributed by atoms with van der Waals surface area (Å²) in [7, 11) is 1.53. The molecule has 1 aliphatic heterocycles. The first-order valence-electron chi connectivity index (χ1n) is 7.23. The van der Waals surface area contributed by atoms with Gasteiger partial charge in [-0.1, -0.05) is 18.2 Å². The number of nitrogens with two attached hydrogens (primary N) is 1. The predicted octanol–water partition coefficient (Wildman–Crippen LogP) is 3.13. The second-order valence-corrected chi connectivity index (χ2v) is 5.50. The monoisotopic (exact) mass is 336 g/mol. The van der Waals surface area contributed by atoms with Crippen LogP contribution in [0.25, 0.3) is 0 Å². The quantitative estimate of drug-likeness (QED) is 0.876. The Kier molecular flexibility index (Phi) is 3.96. The van der Waals surface area contributed by atoms with E-state index >= 15 is 0 Å². The van der Waals surface area contributed by atoms with Crippen LogP contribution < -0.4 is 15.4 Å². The first kappa shape index (κ1) is 16.3. The molecule has 2 aromatic carbocycles. The zero-order valence-electron chi connectivity index (χ0n) is 12.7. The lowest BCUT2D eigenvalue weighted by Crippen LogP contribution is -2.63. The van der Waals surface area contributed by atoms with Gasteiger partial charge in [-0.15, -0.1) is 0 Å². The minimum absolute atomic E-state index is 0.178. The number of methoxy groups -OCH3 is 1. The highest BCUT2D eigenvalue weighted by molar-refractivity contribution is 6.05. The fourth-order valence-corrected chi connectivity index (χ4v) is 2.79. The van der Waals surface area contributed by atoms with Gasteiger partial charge in [0.2, 0.25) is 5.91 Å². The smallest absolute Gasteiger partial charge is 0.416 e. The standard InChI is InChI=1S/C17H15F3N2O2/c1-24-13-7-5-10(6-8-13)15-14(21)16(23)22(15)12-4-2-3-11(9-12)17(18,19)20/h2-9,14-15H,21H2,1H3/t14-,15+/m0/s1. The Morgan fingerprint density at radius 2 is 1.79 bits per heavy atom. The normalized spacial score (nSPS) is 20.7. The molecule has 2 N–H and O–H groups in total. The van der Waals surface area contributed by atoms with Crippen LogP contribution in [0.4, 0.5) is 18.9 Å². The lowest BCUT2D eigenvalue weighted by atomic mass is 9.88. The number of rotatable bonds is 3. The molecular weight excluding hydrogens is 321 g/mol. The second kappa shape index (κ2) is 5.83. The van der Waals surface area contributed by atoms with Crippen molar-refractivity contribution in [3.8, 4) is 5.75 Å². The number of alkyl halides is 3. The molecule has 0 radical (unpaired) electrons. The Hall–Kier alpha value is -2.54. The van der Waals surface area contributed by atoms with Crippen LogP contribution in [-0.4, -0.2) is 19.1 Å². The molecule has 1 amide bonds. The number of hydrogen-bond acceptors (Lipinski definition) is 3. The number of halogens is 3. The molecule has 0 bridgehead atoms. The Balaban J connectivity index is 1.95. The van der Waals surface area contributed by atoms with Crippen LogP contribution in [0.1, 0.15) is 17.2 Å². The molecule has 126 valence electrons. The largest absolute Gasteiger partial charge is 0.497 e. The van der Waals surface area contributed by atoms with Crippen molar-refractivity contribution in [1.82, 2.24) is 0 Å². The van der Waals surface area contributed by atoms with Crippen LogP contribution in [0.3, 0.4) is 0 Å². The summed E-state index contributed by atoms with van der Waals surface area (Å²) in [6.45, 7) is 0. The van der Waals surface area contributed by atoms with Crippen molar-refractivity contribution in [1.29, 1.82) is 0 Å². The molecule has 0 spiro atoms. The lowest BCUT2D eigenvalue weighted by Gasteiger charge is -2.45. The van der Waals surface area contributed by atoms with Gasteiger partial charge in [-0.2, -0.15) is 13.2 Å². The summed E-state index contributed by atoms with van der Waals surface area (Å²) in [6.07, 6.45) is -4.47. The molecule has 2 atom stereocenters. The van der Waals surface area contributed by atoms with Crippen molar-refractivity contribution in [3.63, 3.8) is 0 Å². The molecule has 1 aliphatic rings. The Labute approximate surface area is 136 Å². The Morgan fingerprint density at radius 1 is 1.12 bits per heavy atom. The third kappa shape index (κ3) is 2.71. The van der Waals surface area contributed by atoms with Gasteiger partial charge in [0, 0.05) is 5.69 Å². The molecular formula is C17H15F3N2O2. The van der Waals surface area contributed by atoms with Gasteiger partial charge in [0.15, 0.2) is 0 Å². The van der Waals surface area contributed by atoms with Gasteiger partial charge in [-0.25, -0.2) is 0 Å². The molecule has 0 saturated carbocycles. The van der Waals surface area contributed by atoms with Crippen LogP contribution >= 0.6 is 0 Å². The van der Waals surface area contributed by atoms with Crippen molar-refractivity contribution < 1.29 is 22.7 Å². The summed E-state index contributed by atoms with van der Waals surface area (Å²) in [5, 5.41) is 0. The van der Waals surface area contributed by atoms with E-state index in [2.05, 4.69) is 0 Å². The third-order valence-corrected chi connectivity index (χ3v) is 4.05. The first-order chi connectivity index (χ1) is 11.3. The maximum absolute atomic E-state index is 12.9. The Morgan fingerprint density at radius 3 is 2.38 bits per heavy atom. The number of anilines is 1. The van der Waals surface area contributed by atoms with Crippen LogP contribution in [0, 0.1) is 0 Å². The molecule has 0 unspecified atom stereocenters. The summed E-state index contributed by atoms with van der Waals surface area (Å²) in [5.41, 5.74) is 5.99. The number of β-lactam (4-membered cyclic amide) rings is 1. The van der Waals surface area contributed by atoms with E-state index in [1.165, 1.54) is 24.1 Å². The maximum atomic E-state index is 12.9. The van der Waals surface area contributed by atoms with Gasteiger partial charge in [0.1, 0.15) is 11.8 Å². The van der Waals surface area contributed by atoms with Crippen molar-refractivity contribution in [3.05, 3.63) is 59.7 Å². The molecule has 0 aromatic heterocycles. The van der Waals surface area contributed by atoms with E-state index in [0.717, 1.165) is 17.7 Å². The first-order valence-corrected chi connectivity index (χ1v) is 7.23. The van der Waals surface area contributed by atoms with E-state index in [4.69, 9.17) is 10.5 Å². The minimum Gasteiger partial charge on any atom is -0.497 e. The molecule has 1 saturated heterocycles. The Bertz CT molecular complexity index is 759. The summed E-state index contributed by atoms with van der Waals surface area (Å²) in [5.74, 6) is 0.235. The highest BCUT2D eigenvalue weighted by atomic mass is 19.4. The molecule has 7 heteroatoms. The fraction of sp³-hybridized carbons (Fsp3) is 0.235. The van der Waals surface area contributed by atoms with Gasteiger partial charge < -0.3 is 15.4 Å². The summed E-state index contributed by atoms with van der Waals surface area (Å²) in [4.78, 5) is 13.4. The van der Waals surface area contributed by atoms with Crippen LogP contribution in [-0.2, 0) is 11.0 Å². The number of carbonyl (C=O) groups excluding carboxylic acids is 1. The van der Waals surface area contributed by atoms with Crippen molar-refractivity contribution in [2.24, 2.45) is 5.73 Å². The van der Waals surface area contributed by atoms with Gasteiger partial charge in [-0.3, -0.25) is 4.79 Å². The zero-order chi connectivity index (χ0) is 17.5. The van der Waals surface area contributed by atoms with E-state index in [9.17, 15) is 18.0 Å². The van der Waals surface area contributed by atoms with Crippen molar-refractivity contribution in [2.75, 3.05) is 12.0 Å². The van der Waals surface area contributed by atoms with E-state index in [0.29, 0.717) is 5.75 Å². The highest BCUT2D eigenvalue weighted by Crippen LogP contribution is 2.40. The third-order valence-electron chi connectivity index (χ3n) is 4.05. The zero-order valence-corrected chi connectivity index (χ0v) is 12.7. The molecule has 3 rings (SSSR count). The summed E-state index contributed by atoms with van der Waals surface area (Å²) in [6, 6.07) is 10.3. The second-order valence-electron chi connectivity index (χ2n) is 5.50. The van der Waals surface area contributed by atoms with E-state index in [1.807, 2.05) is 0 Å². The average molecular weight is 336 g/mol. The number of nitrogens with zero attached hydrogens (tertiary/aromatic N) is 1. The molecule has 1 heterocycles. The minimum atomic E-state index is -4.47. The van der Waals surface area contributed by atoms with Crippen LogP contribution in [0.2, 0.25) is 0 Å². The van der Waals surface area contributed by atoms with Crippen LogP contribution in [0.15, 0.2) is 48.5 Å². The van der Waals surface area contributed by atoms with E-state index < -0.39 is 29.7 Å². The van der Waals surface area contributed by atoms with Crippen molar-refractivity contribution >= 4 is 11.6 Å². The topological polar surface area (TPSA) is 55.6 Å². The van der Waals surface area contributed by atoms with Gasteiger partial charge in [0.25, 0.3) is 0 Å². The maximum Gasteiger partial charge on any atom is 0.416 e. The van der Waals surface area contributed by atoms with Crippen molar-refractivity contribution in [2.45, 2.75) is 18.3 Å². The molecule has 4 nitrogen and oxygen atoms in total. The molecule has 2 aromatic rings. The number of carbonyl (C=O) groups is 1. The molecule has 0 aliphatic carbocycles. The summed E-state index contributed by atoms with van der Waals surface area (Å²) < 4.78 is 43.7. The van der Waals surface area contributed by atoms with Crippen LogP contribution in [0.5, 0.6) is 5.75 Å². The fourth-order valence-electron chi connectivity index (χ4n) is 2.79. The van der Waals surface area contributed by atoms with E-state index in [-0.39, 0.29) is 5.69 Å². The average Bonchev–Trinajstić information content (AvgIpc) is 2.58. The summed E-state index contributed by atoms with van der Waals surface area (Å²) >= 11 is 0. The number of benzene rings is 2. The molecule has 1 fully saturated rings. The number of ether oxygens (including phenoxy) is 1. The van der Waals surface area contributed by atoms with E-state index in [1.54, 1.807) is 24.3 Å². The van der Waals surface area contributed by atoms with Gasteiger partial charge in [0.05, 0.1) is 18.7 Å². The number of amides is 1. The lowest BCUT2D eigenvalue weighted by molar-refractivity contribution is -0.137.